The molecule has 1 atom stereocenters. The van der Waals surface area contributed by atoms with Crippen molar-refractivity contribution >= 4 is 0 Å². The zero-order chi connectivity index (χ0) is 12.0. The fourth-order valence-electron chi connectivity index (χ4n) is 2.75. The van der Waals surface area contributed by atoms with Crippen LogP contribution in [0.4, 0.5) is 0 Å². The highest BCUT2D eigenvalue weighted by Crippen LogP contribution is 2.35. The average molecular weight is 219 g/mol. The smallest absolute Gasteiger partial charge is 0.0136 e. The van der Waals surface area contributed by atoms with Crippen LogP contribution in [-0.4, -0.2) is 6.04 Å². The van der Waals surface area contributed by atoms with Gasteiger partial charge in [-0.15, -0.1) is 0 Å². The summed E-state index contributed by atoms with van der Waals surface area (Å²) in [5.74, 6) is 0. The molecule has 0 bridgehead atoms. The van der Waals surface area contributed by atoms with Crippen LogP contribution in [0.15, 0.2) is 30.3 Å². The largest absolute Gasteiger partial charge is 0.327 e. The summed E-state index contributed by atoms with van der Waals surface area (Å²) in [6.07, 6.45) is 4.51. The molecule has 1 aromatic carbocycles. The van der Waals surface area contributed by atoms with Crippen molar-refractivity contribution in [2.45, 2.75) is 57.9 Å². The van der Waals surface area contributed by atoms with Gasteiger partial charge in [-0.3, -0.25) is 0 Å². The fourth-order valence-corrected chi connectivity index (χ4v) is 2.75. The van der Waals surface area contributed by atoms with Crippen LogP contribution < -0.4 is 5.73 Å². The molecule has 0 aliphatic rings. The Hall–Kier alpha value is -0.820. The van der Waals surface area contributed by atoms with Gasteiger partial charge in [0.2, 0.25) is 0 Å². The van der Waals surface area contributed by atoms with Gasteiger partial charge >= 0.3 is 0 Å². The Kier molecular flexibility index (Phi) is 5.01. The van der Waals surface area contributed by atoms with E-state index in [0.717, 1.165) is 25.7 Å². The van der Waals surface area contributed by atoms with Crippen LogP contribution in [-0.2, 0) is 5.41 Å². The van der Waals surface area contributed by atoms with E-state index in [-0.39, 0.29) is 11.5 Å². The molecule has 0 spiro atoms. The molecule has 0 aliphatic carbocycles. The fraction of sp³-hybridized carbons (Fsp3) is 0.600. The third-order valence-electron chi connectivity index (χ3n) is 3.92. The first-order valence-corrected chi connectivity index (χ1v) is 6.52. The van der Waals surface area contributed by atoms with E-state index in [2.05, 4.69) is 51.1 Å². The van der Waals surface area contributed by atoms with E-state index < -0.39 is 0 Å². The molecule has 0 unspecified atom stereocenters. The molecule has 0 saturated heterocycles. The van der Waals surface area contributed by atoms with Gasteiger partial charge in [0.25, 0.3) is 0 Å². The second-order valence-electron chi connectivity index (χ2n) is 4.62. The molecule has 1 nitrogen and oxygen atoms in total. The van der Waals surface area contributed by atoms with Crippen molar-refractivity contribution < 1.29 is 0 Å². The first kappa shape index (κ1) is 13.2. The van der Waals surface area contributed by atoms with Crippen LogP contribution in [0.25, 0.3) is 0 Å². The van der Waals surface area contributed by atoms with Gasteiger partial charge in [-0.2, -0.15) is 0 Å². The number of hydrogen-bond donors (Lipinski definition) is 1. The number of nitrogens with two attached hydrogens (primary N) is 1. The number of hydrogen-bond acceptors (Lipinski definition) is 1. The molecule has 16 heavy (non-hydrogen) atoms. The van der Waals surface area contributed by atoms with E-state index in [1.54, 1.807) is 0 Å². The van der Waals surface area contributed by atoms with E-state index >= 15 is 0 Å². The Morgan fingerprint density at radius 1 is 1.06 bits per heavy atom. The van der Waals surface area contributed by atoms with Gasteiger partial charge in [0.15, 0.2) is 0 Å². The van der Waals surface area contributed by atoms with Gasteiger partial charge in [-0.25, -0.2) is 0 Å². The first-order valence-electron chi connectivity index (χ1n) is 6.52. The Labute approximate surface area is 100 Å². The van der Waals surface area contributed by atoms with Crippen molar-refractivity contribution in [3.8, 4) is 0 Å². The van der Waals surface area contributed by atoms with Crippen molar-refractivity contribution in [1.29, 1.82) is 0 Å². The van der Waals surface area contributed by atoms with Crippen molar-refractivity contribution in [2.75, 3.05) is 0 Å². The lowest BCUT2D eigenvalue weighted by molar-refractivity contribution is 0.302. The molecule has 1 heteroatoms. The van der Waals surface area contributed by atoms with Crippen LogP contribution in [0.2, 0.25) is 0 Å². The van der Waals surface area contributed by atoms with Gasteiger partial charge in [0.05, 0.1) is 0 Å². The summed E-state index contributed by atoms with van der Waals surface area (Å²) in [6.45, 7) is 6.72. The van der Waals surface area contributed by atoms with Crippen molar-refractivity contribution in [3.63, 3.8) is 0 Å². The zero-order valence-electron chi connectivity index (χ0n) is 10.9. The predicted octanol–water partition coefficient (Wildman–Crippen LogP) is 3.87. The van der Waals surface area contributed by atoms with E-state index in [1.165, 1.54) is 5.56 Å². The molecule has 2 N–H and O–H groups in total. The second kappa shape index (κ2) is 6.05. The van der Waals surface area contributed by atoms with Crippen molar-refractivity contribution in [3.05, 3.63) is 35.9 Å². The molecule has 0 aromatic heterocycles. The molecule has 0 fully saturated rings. The minimum atomic E-state index is 0.164. The molecule has 0 aliphatic heterocycles. The molecule has 1 aromatic rings. The summed E-state index contributed by atoms with van der Waals surface area (Å²) >= 11 is 0. The second-order valence-corrected chi connectivity index (χ2v) is 4.62. The van der Waals surface area contributed by atoms with Crippen LogP contribution >= 0.6 is 0 Å². The van der Waals surface area contributed by atoms with Crippen molar-refractivity contribution in [2.24, 2.45) is 5.73 Å². The minimum Gasteiger partial charge on any atom is -0.327 e. The molecular formula is C15H25N. The molecule has 90 valence electrons. The summed E-state index contributed by atoms with van der Waals surface area (Å²) in [5, 5.41) is 0. The molecule has 0 heterocycles. The highest BCUT2D eigenvalue weighted by Gasteiger charge is 2.34. The third kappa shape index (κ3) is 2.46. The highest BCUT2D eigenvalue weighted by molar-refractivity contribution is 5.27. The first-order chi connectivity index (χ1) is 7.71. The lowest BCUT2D eigenvalue weighted by Gasteiger charge is -2.38. The Balaban J connectivity index is 3.05. The monoisotopic (exact) mass is 219 g/mol. The van der Waals surface area contributed by atoms with Gasteiger partial charge in [-0.05, 0) is 24.8 Å². The molecule has 0 saturated carbocycles. The molecule has 0 radical (unpaired) electrons. The summed E-state index contributed by atoms with van der Waals surface area (Å²) in [7, 11) is 0. The topological polar surface area (TPSA) is 26.0 Å². The maximum atomic E-state index is 6.42. The predicted molar refractivity (Wildman–Crippen MR) is 71.6 cm³/mol. The summed E-state index contributed by atoms with van der Waals surface area (Å²) in [5.41, 5.74) is 7.98. The Morgan fingerprint density at radius 3 is 2.06 bits per heavy atom. The maximum absolute atomic E-state index is 6.42. The third-order valence-corrected chi connectivity index (χ3v) is 3.92. The Morgan fingerprint density at radius 2 is 1.62 bits per heavy atom. The van der Waals surface area contributed by atoms with Crippen LogP contribution in [0.5, 0.6) is 0 Å². The van der Waals surface area contributed by atoms with E-state index in [0.29, 0.717) is 0 Å². The summed E-state index contributed by atoms with van der Waals surface area (Å²) in [6, 6.07) is 11.0. The average Bonchev–Trinajstić information content (AvgIpc) is 2.33. The van der Waals surface area contributed by atoms with E-state index in [1.807, 2.05) is 0 Å². The number of benzene rings is 1. The SMILES string of the molecule is CCC[C@H](N)C(CC)(CC)c1ccccc1. The molecule has 1 rings (SSSR count). The normalized spacial score (nSPS) is 13.8. The highest BCUT2D eigenvalue weighted by atomic mass is 14.7. The van der Waals surface area contributed by atoms with E-state index in [4.69, 9.17) is 5.73 Å². The standard InChI is InChI=1S/C15H25N/c1-4-10-14(16)15(5-2,6-3)13-11-8-7-9-12-13/h7-9,11-12,14H,4-6,10,16H2,1-3H3/t14-/m0/s1. The quantitative estimate of drug-likeness (QED) is 0.772. The van der Waals surface area contributed by atoms with E-state index in [9.17, 15) is 0 Å². The van der Waals surface area contributed by atoms with Crippen LogP contribution in [0.3, 0.4) is 0 Å². The minimum absolute atomic E-state index is 0.164. The lowest BCUT2D eigenvalue weighted by atomic mass is 9.69. The zero-order valence-corrected chi connectivity index (χ0v) is 10.9. The molecule has 0 amide bonds. The van der Waals surface area contributed by atoms with Crippen LogP contribution in [0, 0.1) is 0 Å². The molecular weight excluding hydrogens is 194 g/mol. The number of rotatable bonds is 6. The van der Waals surface area contributed by atoms with Gasteiger partial charge in [0.1, 0.15) is 0 Å². The maximum Gasteiger partial charge on any atom is 0.0136 e. The lowest BCUT2D eigenvalue weighted by Crippen LogP contribution is -2.44. The van der Waals surface area contributed by atoms with Gasteiger partial charge in [0, 0.05) is 11.5 Å². The van der Waals surface area contributed by atoms with Gasteiger partial charge in [-0.1, -0.05) is 57.5 Å². The summed E-state index contributed by atoms with van der Waals surface area (Å²) in [4.78, 5) is 0. The Bertz CT molecular complexity index is 288. The van der Waals surface area contributed by atoms with Crippen molar-refractivity contribution in [1.82, 2.24) is 0 Å². The van der Waals surface area contributed by atoms with Crippen LogP contribution in [0.1, 0.15) is 52.0 Å². The van der Waals surface area contributed by atoms with Gasteiger partial charge < -0.3 is 5.73 Å². The summed E-state index contributed by atoms with van der Waals surface area (Å²) < 4.78 is 0.